The molecule has 0 aliphatic carbocycles. The van der Waals surface area contributed by atoms with Crippen LogP contribution in [0.5, 0.6) is 0 Å². The monoisotopic (exact) mass is 597 g/mol. The normalized spacial score (nSPS) is 14.2. The molecule has 0 radical (unpaired) electrons. The van der Waals surface area contributed by atoms with Crippen LogP contribution in [0, 0.1) is 0 Å². The molecule has 1 aromatic heterocycles. The molecule has 0 N–H and O–H groups in total. The number of amides is 2. The molecule has 220 valence electrons. The van der Waals surface area contributed by atoms with Crippen LogP contribution >= 0.6 is 11.3 Å². The number of aryl methyl sites for hydroxylation is 1. The van der Waals surface area contributed by atoms with Crippen LogP contribution in [0.15, 0.2) is 52.7 Å². The Hall–Kier alpha value is -3.28. The second-order valence-corrected chi connectivity index (χ2v) is 13.1. The molecule has 0 atom stereocenters. The van der Waals surface area contributed by atoms with E-state index in [0.29, 0.717) is 40.9 Å². The maximum atomic E-state index is 14.1. The zero-order valence-electron chi connectivity index (χ0n) is 24.5. The summed E-state index contributed by atoms with van der Waals surface area (Å²) in [6.45, 7) is 7.93. The number of hydrogen-bond donors (Lipinski definition) is 0. The Morgan fingerprint density at radius 3 is 2.27 bits per heavy atom. The van der Waals surface area contributed by atoms with Gasteiger partial charge in [0.25, 0.3) is 10.0 Å². The summed E-state index contributed by atoms with van der Waals surface area (Å²) in [5.41, 5.74) is 3.29. The van der Waals surface area contributed by atoms with Gasteiger partial charge < -0.3 is 9.80 Å². The number of unbranched alkanes of at least 4 members (excludes halogenated alkanes) is 2. The fourth-order valence-corrected chi connectivity index (χ4v) is 7.10. The molecule has 0 unspecified atom stereocenters. The SMILES string of the molecule is CCCCCc1ccc(S(=O)(=O)N(C(C)=O)c2cc(-c3csc(N(C)C(C)=O)n3)ccc2N2CCN(C)CC2)cc1. The topological polar surface area (TPSA) is 94.1 Å². The van der Waals surface area contributed by atoms with Crippen molar-refractivity contribution in [3.63, 3.8) is 0 Å². The Morgan fingerprint density at radius 2 is 1.66 bits per heavy atom. The van der Waals surface area contributed by atoms with E-state index in [2.05, 4.69) is 28.8 Å². The van der Waals surface area contributed by atoms with Crippen LogP contribution in [0.1, 0.15) is 45.6 Å². The van der Waals surface area contributed by atoms with Crippen LogP contribution in [0.3, 0.4) is 0 Å². The summed E-state index contributed by atoms with van der Waals surface area (Å²) >= 11 is 1.32. The van der Waals surface area contributed by atoms with Gasteiger partial charge in [-0.2, -0.15) is 0 Å². The van der Waals surface area contributed by atoms with Gasteiger partial charge in [0.1, 0.15) is 0 Å². The van der Waals surface area contributed by atoms with Crippen molar-refractivity contribution in [2.24, 2.45) is 0 Å². The molecule has 1 aliphatic heterocycles. The summed E-state index contributed by atoms with van der Waals surface area (Å²) in [6.07, 6.45) is 4.16. The Labute approximate surface area is 247 Å². The number of nitrogens with zero attached hydrogens (tertiary/aromatic N) is 5. The lowest BCUT2D eigenvalue weighted by atomic mass is 10.1. The maximum absolute atomic E-state index is 14.1. The van der Waals surface area contributed by atoms with Crippen LogP contribution < -0.4 is 14.1 Å². The van der Waals surface area contributed by atoms with Crippen LogP contribution in [0.4, 0.5) is 16.5 Å². The number of benzene rings is 2. The van der Waals surface area contributed by atoms with E-state index in [9.17, 15) is 18.0 Å². The first kappa shape index (κ1) is 30.7. The lowest BCUT2D eigenvalue weighted by Crippen LogP contribution is -2.45. The van der Waals surface area contributed by atoms with Gasteiger partial charge in [0.2, 0.25) is 11.8 Å². The maximum Gasteiger partial charge on any atom is 0.270 e. The molecule has 2 amide bonds. The number of rotatable bonds is 10. The van der Waals surface area contributed by atoms with Crippen LogP contribution in [-0.4, -0.2) is 70.4 Å². The third-order valence-corrected chi connectivity index (χ3v) is 10.1. The van der Waals surface area contributed by atoms with E-state index in [4.69, 9.17) is 0 Å². The summed E-state index contributed by atoms with van der Waals surface area (Å²) in [5.74, 6) is -0.734. The third-order valence-electron chi connectivity index (χ3n) is 7.40. The highest BCUT2D eigenvalue weighted by molar-refractivity contribution is 7.93. The average molecular weight is 598 g/mol. The minimum Gasteiger partial charge on any atom is -0.367 e. The second-order valence-electron chi connectivity index (χ2n) is 10.5. The molecule has 0 bridgehead atoms. The number of hydrogen-bond acceptors (Lipinski definition) is 8. The van der Waals surface area contributed by atoms with Crippen LogP contribution in [0.2, 0.25) is 0 Å². The minimum atomic E-state index is -4.21. The van der Waals surface area contributed by atoms with E-state index in [1.807, 2.05) is 29.6 Å². The van der Waals surface area contributed by atoms with Gasteiger partial charge in [0.05, 0.1) is 22.0 Å². The van der Waals surface area contributed by atoms with Gasteiger partial charge in [-0.25, -0.2) is 17.7 Å². The molecule has 1 saturated heterocycles. The van der Waals surface area contributed by atoms with Gasteiger partial charge in [-0.05, 0) is 49.7 Å². The molecule has 2 heterocycles. The predicted molar refractivity (Wildman–Crippen MR) is 166 cm³/mol. The van der Waals surface area contributed by atoms with Crippen molar-refractivity contribution in [1.82, 2.24) is 9.88 Å². The number of thiazole rings is 1. The summed E-state index contributed by atoms with van der Waals surface area (Å²) in [4.78, 5) is 35.5. The van der Waals surface area contributed by atoms with E-state index in [0.717, 1.165) is 48.6 Å². The van der Waals surface area contributed by atoms with Crippen LogP contribution in [0.25, 0.3) is 11.3 Å². The first-order valence-corrected chi connectivity index (χ1v) is 16.3. The average Bonchev–Trinajstić information content (AvgIpc) is 3.44. The van der Waals surface area contributed by atoms with Gasteiger partial charge in [0.15, 0.2) is 5.13 Å². The molecule has 1 fully saturated rings. The van der Waals surface area contributed by atoms with Gasteiger partial charge in [-0.3, -0.25) is 14.5 Å². The van der Waals surface area contributed by atoms with E-state index < -0.39 is 15.9 Å². The van der Waals surface area contributed by atoms with E-state index in [1.165, 1.54) is 30.1 Å². The smallest absolute Gasteiger partial charge is 0.270 e. The number of aromatic nitrogens is 1. The number of sulfonamides is 1. The summed E-state index contributed by atoms with van der Waals surface area (Å²) in [5, 5.41) is 2.36. The van der Waals surface area contributed by atoms with Crippen molar-refractivity contribution in [2.75, 3.05) is 54.4 Å². The molecule has 2 aromatic carbocycles. The molecule has 0 saturated carbocycles. The van der Waals surface area contributed by atoms with Gasteiger partial charge in [-0.1, -0.05) is 38.0 Å². The first-order valence-electron chi connectivity index (χ1n) is 14.0. The molecular formula is C30H39N5O4S2. The quantitative estimate of drug-likeness (QED) is 0.303. The summed E-state index contributed by atoms with van der Waals surface area (Å²) < 4.78 is 29.1. The lowest BCUT2D eigenvalue weighted by Gasteiger charge is -2.36. The highest BCUT2D eigenvalue weighted by Crippen LogP contribution is 2.38. The number of likely N-dealkylation sites (N-methyl/N-ethyl adjacent to an activating group) is 1. The first-order chi connectivity index (χ1) is 19.5. The zero-order chi connectivity index (χ0) is 29.7. The molecular weight excluding hydrogens is 558 g/mol. The summed E-state index contributed by atoms with van der Waals surface area (Å²) in [7, 11) is -0.498. The Bertz CT molecular complexity index is 1480. The van der Waals surface area contributed by atoms with Crippen molar-refractivity contribution in [3.05, 3.63) is 53.4 Å². The minimum absolute atomic E-state index is 0.0701. The van der Waals surface area contributed by atoms with Gasteiger partial charge >= 0.3 is 0 Å². The Balaban J connectivity index is 1.78. The molecule has 9 nitrogen and oxygen atoms in total. The van der Waals surface area contributed by atoms with E-state index >= 15 is 0 Å². The highest BCUT2D eigenvalue weighted by Gasteiger charge is 2.33. The highest BCUT2D eigenvalue weighted by atomic mass is 32.2. The lowest BCUT2D eigenvalue weighted by molar-refractivity contribution is -0.116. The fourth-order valence-electron chi connectivity index (χ4n) is 4.83. The third kappa shape index (κ3) is 6.97. The predicted octanol–water partition coefficient (Wildman–Crippen LogP) is 5.02. The molecule has 0 spiro atoms. The second kappa shape index (κ2) is 13.1. The van der Waals surface area contributed by atoms with Crippen molar-refractivity contribution >= 4 is 49.7 Å². The van der Waals surface area contributed by atoms with Crippen molar-refractivity contribution in [2.45, 2.75) is 51.3 Å². The standard InChI is InChI=1S/C30H39N5O4S2/c1-6-7-8-9-24-10-13-26(14-11-24)41(38,39)35(23(3)37)29-20-25(27-21-40-30(31-27)33(5)22(2)36)12-15-28(29)34-18-16-32(4)17-19-34/h10-15,20-21H,6-9,16-19H2,1-5H3. The Morgan fingerprint density at radius 1 is 0.976 bits per heavy atom. The van der Waals surface area contributed by atoms with Crippen molar-refractivity contribution in [1.29, 1.82) is 0 Å². The van der Waals surface area contributed by atoms with Gasteiger partial charge in [0, 0.05) is 58.0 Å². The van der Waals surface area contributed by atoms with Crippen LogP contribution in [-0.2, 0) is 26.0 Å². The van der Waals surface area contributed by atoms with Gasteiger partial charge in [-0.15, -0.1) is 11.3 Å². The molecule has 41 heavy (non-hydrogen) atoms. The molecule has 4 rings (SSSR count). The van der Waals surface area contributed by atoms with Crippen molar-refractivity contribution in [3.8, 4) is 11.3 Å². The number of piperazine rings is 1. The number of carbonyl (C=O) groups is 2. The molecule has 11 heteroatoms. The molecule has 3 aromatic rings. The fraction of sp³-hybridized carbons (Fsp3) is 0.433. The number of carbonyl (C=O) groups excluding carboxylic acids is 2. The Kier molecular flexibility index (Phi) is 9.83. The van der Waals surface area contributed by atoms with E-state index in [1.54, 1.807) is 25.2 Å². The number of anilines is 3. The van der Waals surface area contributed by atoms with Crippen molar-refractivity contribution < 1.29 is 18.0 Å². The zero-order valence-corrected chi connectivity index (χ0v) is 26.1. The molecule has 1 aliphatic rings. The summed E-state index contributed by atoms with van der Waals surface area (Å²) in [6, 6.07) is 12.3. The largest absolute Gasteiger partial charge is 0.367 e. The van der Waals surface area contributed by atoms with E-state index in [-0.39, 0.29) is 10.8 Å².